The summed E-state index contributed by atoms with van der Waals surface area (Å²) in [5.41, 5.74) is 1.93. The maximum atomic E-state index is 12.5. The normalized spacial score (nSPS) is 24.0. The molecule has 24 heavy (non-hydrogen) atoms. The number of rotatable bonds is 3. The molecule has 1 aliphatic carbocycles. The first-order valence-corrected chi connectivity index (χ1v) is 9.69. The summed E-state index contributed by atoms with van der Waals surface area (Å²) in [5, 5.41) is 3.05. The summed E-state index contributed by atoms with van der Waals surface area (Å²) in [6, 6.07) is 5.87. The first-order chi connectivity index (χ1) is 11.5. The molecule has 2 amide bonds. The molecule has 1 aliphatic heterocycles. The lowest BCUT2D eigenvalue weighted by molar-refractivity contribution is -0.136. The van der Waals surface area contributed by atoms with Crippen LogP contribution in [0.15, 0.2) is 22.7 Å². The molecule has 1 aromatic carbocycles. The van der Waals surface area contributed by atoms with E-state index >= 15 is 0 Å². The number of anilines is 1. The van der Waals surface area contributed by atoms with Crippen LogP contribution in [0.25, 0.3) is 0 Å². The van der Waals surface area contributed by atoms with Crippen LogP contribution in [0.3, 0.4) is 0 Å². The summed E-state index contributed by atoms with van der Waals surface area (Å²) in [4.78, 5) is 27.0. The van der Waals surface area contributed by atoms with E-state index in [0.29, 0.717) is 5.91 Å². The van der Waals surface area contributed by atoms with Crippen LogP contribution in [-0.2, 0) is 9.59 Å². The van der Waals surface area contributed by atoms with Crippen molar-refractivity contribution in [3.8, 4) is 0 Å². The van der Waals surface area contributed by atoms with Gasteiger partial charge in [0.2, 0.25) is 11.8 Å². The van der Waals surface area contributed by atoms with Gasteiger partial charge in [0, 0.05) is 35.1 Å². The molecule has 1 saturated carbocycles. The van der Waals surface area contributed by atoms with Gasteiger partial charge in [-0.05, 0) is 69.2 Å². The van der Waals surface area contributed by atoms with Crippen LogP contribution in [0.5, 0.6) is 0 Å². The third kappa shape index (κ3) is 4.00. The number of amides is 2. The highest BCUT2D eigenvalue weighted by Crippen LogP contribution is 2.32. The number of aryl methyl sites for hydroxylation is 1. The third-order valence-electron chi connectivity index (χ3n) is 5.31. The molecule has 2 fully saturated rings. The maximum Gasteiger partial charge on any atom is 0.227 e. The van der Waals surface area contributed by atoms with Gasteiger partial charge in [0.05, 0.1) is 0 Å². The zero-order valence-corrected chi connectivity index (χ0v) is 15.8. The van der Waals surface area contributed by atoms with Crippen molar-refractivity contribution in [1.82, 2.24) is 4.90 Å². The lowest BCUT2D eigenvalue weighted by atomic mass is 9.81. The van der Waals surface area contributed by atoms with E-state index < -0.39 is 0 Å². The second kappa shape index (κ2) is 7.68. The van der Waals surface area contributed by atoms with Crippen molar-refractivity contribution < 1.29 is 9.59 Å². The van der Waals surface area contributed by atoms with E-state index in [-0.39, 0.29) is 17.7 Å². The van der Waals surface area contributed by atoms with Crippen molar-refractivity contribution in [3.63, 3.8) is 0 Å². The van der Waals surface area contributed by atoms with Crippen molar-refractivity contribution in [2.75, 3.05) is 18.4 Å². The zero-order chi connectivity index (χ0) is 17.1. The second-order valence-electron chi connectivity index (χ2n) is 7.03. The molecule has 130 valence electrons. The zero-order valence-electron chi connectivity index (χ0n) is 14.2. The highest BCUT2D eigenvalue weighted by Gasteiger charge is 2.32. The van der Waals surface area contributed by atoms with Gasteiger partial charge >= 0.3 is 0 Å². The van der Waals surface area contributed by atoms with E-state index in [2.05, 4.69) is 21.2 Å². The molecule has 0 aromatic heterocycles. The molecule has 1 N–H and O–H groups in total. The number of carbonyl (C=O) groups excluding carboxylic acids is 2. The van der Waals surface area contributed by atoms with Crippen LogP contribution in [0.4, 0.5) is 5.69 Å². The molecule has 0 atom stereocenters. The molecule has 1 saturated heterocycles. The summed E-state index contributed by atoms with van der Waals surface area (Å²) in [5.74, 6) is 0.555. The largest absolute Gasteiger partial charge is 0.342 e. The van der Waals surface area contributed by atoms with Crippen LogP contribution in [0.1, 0.15) is 44.1 Å². The minimum atomic E-state index is 0.0238. The third-order valence-corrected chi connectivity index (χ3v) is 5.80. The Morgan fingerprint density at radius 2 is 1.71 bits per heavy atom. The van der Waals surface area contributed by atoms with Gasteiger partial charge in [0.15, 0.2) is 0 Å². The lowest BCUT2D eigenvalue weighted by Gasteiger charge is -2.30. The Balaban J connectivity index is 1.52. The molecule has 2 aliphatic rings. The minimum absolute atomic E-state index is 0.0238. The molecule has 1 heterocycles. The van der Waals surface area contributed by atoms with Gasteiger partial charge in [-0.1, -0.05) is 15.9 Å². The van der Waals surface area contributed by atoms with Crippen molar-refractivity contribution in [2.45, 2.75) is 45.4 Å². The quantitative estimate of drug-likeness (QED) is 0.840. The fourth-order valence-electron chi connectivity index (χ4n) is 3.80. The summed E-state index contributed by atoms with van der Waals surface area (Å²) >= 11 is 3.44. The Morgan fingerprint density at radius 3 is 2.33 bits per heavy atom. The minimum Gasteiger partial charge on any atom is -0.342 e. The van der Waals surface area contributed by atoms with Crippen molar-refractivity contribution in [3.05, 3.63) is 28.2 Å². The molecular formula is C19H25BrN2O2. The van der Waals surface area contributed by atoms with Gasteiger partial charge in [-0.3, -0.25) is 9.59 Å². The number of likely N-dealkylation sites (tertiary alicyclic amines) is 1. The predicted molar refractivity (Wildman–Crippen MR) is 98.8 cm³/mol. The van der Waals surface area contributed by atoms with Gasteiger partial charge in [0.1, 0.15) is 0 Å². The Kier molecular flexibility index (Phi) is 5.59. The molecule has 0 unspecified atom stereocenters. The Morgan fingerprint density at radius 1 is 1.08 bits per heavy atom. The number of hydrogen-bond donors (Lipinski definition) is 1. The average Bonchev–Trinajstić information content (AvgIpc) is 3.11. The van der Waals surface area contributed by atoms with Crippen molar-refractivity contribution in [2.24, 2.45) is 11.8 Å². The summed E-state index contributed by atoms with van der Waals surface area (Å²) in [6.07, 6.45) is 5.57. The van der Waals surface area contributed by atoms with Gasteiger partial charge in [0.25, 0.3) is 0 Å². The summed E-state index contributed by atoms with van der Waals surface area (Å²) in [6.45, 7) is 3.83. The first-order valence-electron chi connectivity index (χ1n) is 8.90. The molecule has 4 nitrogen and oxygen atoms in total. The topological polar surface area (TPSA) is 49.4 Å². The fraction of sp³-hybridized carbons (Fsp3) is 0.579. The van der Waals surface area contributed by atoms with Gasteiger partial charge < -0.3 is 10.2 Å². The molecule has 3 rings (SSSR count). The van der Waals surface area contributed by atoms with E-state index in [9.17, 15) is 9.59 Å². The van der Waals surface area contributed by atoms with E-state index in [4.69, 9.17) is 0 Å². The van der Waals surface area contributed by atoms with Gasteiger partial charge in [-0.25, -0.2) is 0 Å². The smallest absolute Gasteiger partial charge is 0.227 e. The molecular weight excluding hydrogens is 368 g/mol. The van der Waals surface area contributed by atoms with E-state index in [1.54, 1.807) is 0 Å². The van der Waals surface area contributed by atoms with Crippen LogP contribution in [0, 0.1) is 18.8 Å². The van der Waals surface area contributed by atoms with Gasteiger partial charge in [-0.15, -0.1) is 0 Å². The number of carbonyl (C=O) groups is 2. The highest BCUT2D eigenvalue weighted by atomic mass is 79.9. The molecule has 5 heteroatoms. The highest BCUT2D eigenvalue weighted by molar-refractivity contribution is 9.10. The lowest BCUT2D eigenvalue weighted by Crippen LogP contribution is -2.37. The van der Waals surface area contributed by atoms with Crippen LogP contribution in [-0.4, -0.2) is 29.8 Å². The van der Waals surface area contributed by atoms with E-state index in [1.807, 2.05) is 30.0 Å². The predicted octanol–water partition coefficient (Wildman–Crippen LogP) is 4.12. The number of benzene rings is 1. The monoisotopic (exact) mass is 392 g/mol. The Hall–Kier alpha value is -1.36. The van der Waals surface area contributed by atoms with E-state index in [1.165, 1.54) is 0 Å². The number of halogens is 1. The van der Waals surface area contributed by atoms with Crippen LogP contribution >= 0.6 is 15.9 Å². The number of hydrogen-bond acceptors (Lipinski definition) is 2. The first kappa shape index (κ1) is 17.5. The molecule has 0 radical (unpaired) electrons. The molecule has 0 spiro atoms. The second-order valence-corrected chi connectivity index (χ2v) is 7.95. The Labute approximate surface area is 152 Å². The summed E-state index contributed by atoms with van der Waals surface area (Å²) < 4.78 is 1.01. The number of nitrogens with one attached hydrogen (secondary N) is 1. The van der Waals surface area contributed by atoms with Crippen LogP contribution < -0.4 is 5.32 Å². The molecule has 0 bridgehead atoms. The van der Waals surface area contributed by atoms with Crippen molar-refractivity contribution in [1.29, 1.82) is 0 Å². The average molecular weight is 393 g/mol. The van der Waals surface area contributed by atoms with Crippen molar-refractivity contribution >= 4 is 33.4 Å². The number of nitrogens with zero attached hydrogens (tertiary/aromatic N) is 1. The Bertz CT molecular complexity index is 618. The maximum absolute atomic E-state index is 12.5. The standard InChI is InChI=1S/C19H25BrN2O2/c1-13-12-16(20)8-9-17(13)21-18(23)14-4-6-15(7-5-14)19(24)22-10-2-3-11-22/h8-9,12,14-15H,2-7,10-11H2,1H3,(H,21,23). The SMILES string of the molecule is Cc1cc(Br)ccc1NC(=O)C1CCC(C(=O)N2CCCC2)CC1. The fourth-order valence-corrected chi connectivity index (χ4v) is 4.28. The van der Waals surface area contributed by atoms with E-state index in [0.717, 1.165) is 67.3 Å². The summed E-state index contributed by atoms with van der Waals surface area (Å²) in [7, 11) is 0. The van der Waals surface area contributed by atoms with Crippen LogP contribution in [0.2, 0.25) is 0 Å². The molecule has 1 aromatic rings. The van der Waals surface area contributed by atoms with Gasteiger partial charge in [-0.2, -0.15) is 0 Å².